The average molecular weight is 697 g/mol. The van der Waals surface area contributed by atoms with Crippen molar-refractivity contribution >= 4 is 40.7 Å². The molecule has 10 nitrogen and oxygen atoms in total. The summed E-state index contributed by atoms with van der Waals surface area (Å²) < 4.78 is 17.7. The molecule has 230 valence electrons. The number of benzene rings is 1. The lowest BCUT2D eigenvalue weighted by Gasteiger charge is -2.58. The lowest BCUT2D eigenvalue weighted by Crippen LogP contribution is -2.60. The number of hydrogen-bond acceptors (Lipinski definition) is 8. The van der Waals surface area contributed by atoms with Crippen LogP contribution in [-0.2, 0) is 14.3 Å². The Morgan fingerprint density at radius 1 is 1.14 bits per heavy atom. The summed E-state index contributed by atoms with van der Waals surface area (Å²) in [7, 11) is 2.95. The van der Waals surface area contributed by atoms with Crippen molar-refractivity contribution in [1.29, 1.82) is 0 Å². The number of halogens is 1. The predicted octanol–water partition coefficient (Wildman–Crippen LogP) is 2.72. The number of carbonyl (C=O) groups excluding carboxylic acids is 3. The summed E-state index contributed by atoms with van der Waals surface area (Å²) in [6.45, 7) is 0.241. The van der Waals surface area contributed by atoms with Gasteiger partial charge in [0, 0.05) is 37.8 Å². The second-order valence-electron chi connectivity index (χ2n) is 12.5. The largest absolute Gasteiger partial charge is 0.493 e. The van der Waals surface area contributed by atoms with Crippen molar-refractivity contribution in [3.8, 4) is 11.5 Å². The summed E-state index contributed by atoms with van der Waals surface area (Å²) in [5, 5.41) is 23.8. The zero-order valence-corrected chi connectivity index (χ0v) is 26.4. The molecule has 4 fully saturated rings. The molecule has 4 saturated carbocycles. The Kier molecular flexibility index (Phi) is 9.80. The minimum atomic E-state index is -1.15. The molecule has 0 unspecified atom stereocenters. The Bertz CT molecular complexity index is 1180. The van der Waals surface area contributed by atoms with Crippen LogP contribution in [0.1, 0.15) is 55.3 Å². The number of methoxy groups -OCH3 is 2. The van der Waals surface area contributed by atoms with Crippen LogP contribution in [0.25, 0.3) is 0 Å². The van der Waals surface area contributed by atoms with Crippen LogP contribution in [0.15, 0.2) is 23.8 Å². The third kappa shape index (κ3) is 6.48. The van der Waals surface area contributed by atoms with Crippen molar-refractivity contribution in [3.05, 3.63) is 32.9 Å². The first-order valence-corrected chi connectivity index (χ1v) is 15.8. The number of nitrogens with zero attached hydrogens (tertiary/aromatic N) is 1. The molecular formula is C31H41IN2O8. The van der Waals surface area contributed by atoms with Gasteiger partial charge in [0.1, 0.15) is 25.1 Å². The fraction of sp³-hybridized carbons (Fsp3) is 0.645. The molecule has 0 heterocycles. The van der Waals surface area contributed by atoms with Gasteiger partial charge in [-0.05, 0) is 102 Å². The maximum atomic E-state index is 13.7. The van der Waals surface area contributed by atoms with Crippen molar-refractivity contribution in [3.63, 3.8) is 0 Å². The molecular weight excluding hydrogens is 655 g/mol. The minimum Gasteiger partial charge on any atom is -0.493 e. The van der Waals surface area contributed by atoms with Gasteiger partial charge < -0.3 is 34.6 Å². The van der Waals surface area contributed by atoms with Gasteiger partial charge in [-0.25, -0.2) is 0 Å². The van der Waals surface area contributed by atoms with Gasteiger partial charge in [-0.3, -0.25) is 14.4 Å². The second-order valence-corrected chi connectivity index (χ2v) is 13.7. The Balaban J connectivity index is 1.49. The predicted molar refractivity (Wildman–Crippen MR) is 162 cm³/mol. The molecule has 0 spiro atoms. The van der Waals surface area contributed by atoms with Crippen molar-refractivity contribution < 1.29 is 38.8 Å². The van der Waals surface area contributed by atoms with Gasteiger partial charge in [-0.1, -0.05) is 0 Å². The normalized spacial score (nSPS) is 31.3. The summed E-state index contributed by atoms with van der Waals surface area (Å²) >= 11 is 2.04. The van der Waals surface area contributed by atoms with E-state index in [1.54, 1.807) is 23.1 Å². The molecule has 0 aromatic heterocycles. The number of aliphatic hydroxyl groups excluding tert-OH is 2. The van der Waals surface area contributed by atoms with E-state index in [0.717, 1.165) is 19.3 Å². The van der Waals surface area contributed by atoms with Gasteiger partial charge in [0.2, 0.25) is 11.8 Å². The molecule has 3 atom stereocenters. The van der Waals surface area contributed by atoms with E-state index in [2.05, 4.69) is 5.32 Å². The Morgan fingerprint density at radius 3 is 2.38 bits per heavy atom. The lowest BCUT2D eigenvalue weighted by molar-refractivity contribution is -0.150. The number of aldehydes is 1. The van der Waals surface area contributed by atoms with Gasteiger partial charge in [-0.2, -0.15) is 0 Å². The molecule has 6 rings (SSSR count). The molecule has 3 N–H and O–H groups in total. The highest BCUT2D eigenvalue weighted by atomic mass is 127. The van der Waals surface area contributed by atoms with E-state index in [9.17, 15) is 24.6 Å². The summed E-state index contributed by atoms with van der Waals surface area (Å²) in [6, 6.07) is 2.47. The SMILES string of the molecule is COCC(=O)N(CC12CC3CC(CC(C3)C1)C2)[C@@H]1CC(C(=O)NCCO)=C[C@H](Oc2c(I)cc(C=O)cc2OC)[C@H]1O. The van der Waals surface area contributed by atoms with Crippen molar-refractivity contribution in [2.24, 2.45) is 23.2 Å². The van der Waals surface area contributed by atoms with E-state index in [0.29, 0.717) is 56.8 Å². The summed E-state index contributed by atoms with van der Waals surface area (Å²) in [6.07, 6.45) is 7.35. The molecule has 0 saturated heterocycles. The Hall–Kier alpha value is -2.22. The smallest absolute Gasteiger partial charge is 0.248 e. The van der Waals surface area contributed by atoms with Crippen LogP contribution < -0.4 is 14.8 Å². The van der Waals surface area contributed by atoms with Crippen LogP contribution in [0.3, 0.4) is 0 Å². The van der Waals surface area contributed by atoms with Crippen LogP contribution >= 0.6 is 22.6 Å². The van der Waals surface area contributed by atoms with Gasteiger partial charge in [0.05, 0.1) is 23.3 Å². The number of rotatable bonds is 12. The maximum absolute atomic E-state index is 13.7. The second kappa shape index (κ2) is 13.2. The molecule has 1 aromatic carbocycles. The number of aliphatic hydroxyl groups is 2. The zero-order chi connectivity index (χ0) is 30.0. The third-order valence-electron chi connectivity index (χ3n) is 9.52. The summed E-state index contributed by atoms with van der Waals surface area (Å²) in [4.78, 5) is 40.1. The van der Waals surface area contributed by atoms with Crippen molar-refractivity contribution in [2.75, 3.05) is 40.5 Å². The highest BCUT2D eigenvalue weighted by Gasteiger charge is 2.53. The van der Waals surface area contributed by atoms with Crippen LogP contribution in [-0.4, -0.2) is 92.0 Å². The molecule has 4 bridgehead atoms. The third-order valence-corrected chi connectivity index (χ3v) is 10.3. The van der Waals surface area contributed by atoms with E-state index in [1.165, 1.54) is 33.5 Å². The van der Waals surface area contributed by atoms with Gasteiger partial charge >= 0.3 is 0 Å². The zero-order valence-electron chi connectivity index (χ0n) is 24.2. The fourth-order valence-electron chi connectivity index (χ4n) is 8.28. The Labute approximate surface area is 260 Å². The first-order chi connectivity index (χ1) is 20.2. The molecule has 1 aromatic rings. The quantitative estimate of drug-likeness (QED) is 0.225. The van der Waals surface area contributed by atoms with Crippen LogP contribution in [0.2, 0.25) is 0 Å². The molecule has 0 aliphatic heterocycles. The number of hydrogen-bond donors (Lipinski definition) is 3. The number of nitrogens with one attached hydrogen (secondary N) is 1. The Morgan fingerprint density at radius 2 is 1.81 bits per heavy atom. The summed E-state index contributed by atoms with van der Waals surface area (Å²) in [5.74, 6) is 2.09. The van der Waals surface area contributed by atoms with E-state index < -0.39 is 18.2 Å². The molecule has 0 radical (unpaired) electrons. The fourth-order valence-corrected chi connectivity index (χ4v) is 9.03. The first-order valence-electron chi connectivity index (χ1n) is 14.7. The number of ether oxygens (including phenoxy) is 3. The van der Waals surface area contributed by atoms with Crippen LogP contribution in [0.5, 0.6) is 11.5 Å². The number of amides is 2. The molecule has 5 aliphatic rings. The average Bonchev–Trinajstić information content (AvgIpc) is 2.95. The van der Waals surface area contributed by atoms with E-state index in [-0.39, 0.29) is 43.4 Å². The molecule has 11 heteroatoms. The van der Waals surface area contributed by atoms with Crippen molar-refractivity contribution in [1.82, 2.24) is 10.2 Å². The topological polar surface area (TPSA) is 135 Å². The molecule has 5 aliphatic carbocycles. The summed E-state index contributed by atoms with van der Waals surface area (Å²) in [5.41, 5.74) is 0.776. The first kappa shape index (κ1) is 31.2. The highest BCUT2D eigenvalue weighted by molar-refractivity contribution is 14.1. The standard InChI is InChI=1S/C31H41IN2O8/c1-40-16-27(37)34(17-31-12-18-5-19(13-31)7-20(6-18)14-31)24-10-22(30(39)33-3-4-35)11-25(28(24)38)42-29-23(32)8-21(15-36)9-26(29)41-2/h8-9,11,15,18-20,24-25,28,35,38H,3-7,10,12-14,16-17H2,1-2H3,(H,33,39)/t18?,19?,20?,24-,25+,28+,31?/m1/s1. The molecule has 42 heavy (non-hydrogen) atoms. The number of carbonyl (C=O) groups is 3. The highest BCUT2D eigenvalue weighted by Crippen LogP contribution is 2.60. The van der Waals surface area contributed by atoms with E-state index in [1.807, 2.05) is 22.6 Å². The van der Waals surface area contributed by atoms with Crippen LogP contribution in [0, 0.1) is 26.7 Å². The van der Waals surface area contributed by atoms with Gasteiger partial charge in [0.15, 0.2) is 11.5 Å². The maximum Gasteiger partial charge on any atom is 0.248 e. The van der Waals surface area contributed by atoms with Gasteiger partial charge in [0.25, 0.3) is 0 Å². The minimum absolute atomic E-state index is 0.00203. The van der Waals surface area contributed by atoms with Crippen molar-refractivity contribution in [2.45, 2.75) is 63.2 Å². The van der Waals surface area contributed by atoms with Crippen LogP contribution in [0.4, 0.5) is 0 Å². The van der Waals surface area contributed by atoms with E-state index in [4.69, 9.17) is 14.2 Å². The molecule has 2 amide bonds. The monoisotopic (exact) mass is 696 g/mol. The van der Waals surface area contributed by atoms with E-state index >= 15 is 0 Å². The van der Waals surface area contributed by atoms with Gasteiger partial charge in [-0.15, -0.1) is 0 Å². The lowest BCUT2D eigenvalue weighted by atomic mass is 9.49.